The van der Waals surface area contributed by atoms with E-state index < -0.39 is 5.92 Å². The van der Waals surface area contributed by atoms with Crippen LogP contribution in [0.4, 0.5) is 11.4 Å². The van der Waals surface area contributed by atoms with E-state index in [2.05, 4.69) is 15.4 Å². The summed E-state index contributed by atoms with van der Waals surface area (Å²) in [6, 6.07) is 14.6. The van der Waals surface area contributed by atoms with Crippen molar-refractivity contribution in [3.05, 3.63) is 71.8 Å². The van der Waals surface area contributed by atoms with Crippen LogP contribution in [0.2, 0.25) is 5.02 Å². The SMILES string of the molecule is O=C(Nc1ccc(Cn2cncn2)cc1)C1CC(=O)N(c2ccc(Cl)cc2)C1. The Labute approximate surface area is 166 Å². The van der Waals surface area contributed by atoms with Gasteiger partial charge in [-0.3, -0.25) is 9.59 Å². The molecule has 2 amide bonds. The van der Waals surface area contributed by atoms with Gasteiger partial charge in [-0.25, -0.2) is 9.67 Å². The van der Waals surface area contributed by atoms with Crippen molar-refractivity contribution in [2.45, 2.75) is 13.0 Å². The molecule has 7 nitrogen and oxygen atoms in total. The van der Waals surface area contributed by atoms with E-state index in [0.717, 1.165) is 11.3 Å². The van der Waals surface area contributed by atoms with Gasteiger partial charge in [0.05, 0.1) is 12.5 Å². The first-order valence-electron chi connectivity index (χ1n) is 8.86. The third-order valence-electron chi connectivity index (χ3n) is 4.67. The molecule has 1 fully saturated rings. The first-order valence-corrected chi connectivity index (χ1v) is 9.24. The third-order valence-corrected chi connectivity index (χ3v) is 4.92. The number of hydrogen-bond acceptors (Lipinski definition) is 4. The molecule has 1 aliphatic heterocycles. The van der Waals surface area contributed by atoms with Crippen molar-refractivity contribution < 1.29 is 9.59 Å². The van der Waals surface area contributed by atoms with E-state index in [1.54, 1.807) is 40.2 Å². The van der Waals surface area contributed by atoms with E-state index in [-0.39, 0.29) is 18.2 Å². The van der Waals surface area contributed by atoms with Crippen LogP contribution in [0, 0.1) is 5.92 Å². The molecule has 142 valence electrons. The number of amides is 2. The lowest BCUT2D eigenvalue weighted by Crippen LogP contribution is -2.28. The fourth-order valence-corrected chi connectivity index (χ4v) is 3.32. The topological polar surface area (TPSA) is 80.1 Å². The zero-order valence-electron chi connectivity index (χ0n) is 15.0. The second-order valence-electron chi connectivity index (χ2n) is 6.66. The van der Waals surface area contributed by atoms with Crippen LogP contribution in [0.1, 0.15) is 12.0 Å². The number of carbonyl (C=O) groups is 2. The summed E-state index contributed by atoms with van der Waals surface area (Å²) in [6.07, 6.45) is 3.34. The van der Waals surface area contributed by atoms with Crippen molar-refractivity contribution in [2.75, 3.05) is 16.8 Å². The van der Waals surface area contributed by atoms with Crippen LogP contribution in [-0.2, 0) is 16.1 Å². The zero-order valence-corrected chi connectivity index (χ0v) is 15.7. The minimum absolute atomic E-state index is 0.0642. The number of nitrogens with one attached hydrogen (secondary N) is 1. The molecule has 1 aromatic heterocycles. The normalized spacial score (nSPS) is 16.4. The number of anilines is 2. The van der Waals surface area contributed by atoms with Gasteiger partial charge >= 0.3 is 0 Å². The number of hydrogen-bond donors (Lipinski definition) is 1. The van der Waals surface area contributed by atoms with Crippen molar-refractivity contribution in [1.29, 1.82) is 0 Å². The molecule has 1 saturated heterocycles. The van der Waals surface area contributed by atoms with E-state index in [1.807, 2.05) is 24.3 Å². The van der Waals surface area contributed by atoms with Gasteiger partial charge in [0.2, 0.25) is 11.8 Å². The number of rotatable bonds is 5. The van der Waals surface area contributed by atoms with E-state index in [0.29, 0.717) is 23.8 Å². The highest BCUT2D eigenvalue weighted by atomic mass is 35.5. The summed E-state index contributed by atoms with van der Waals surface area (Å²) in [7, 11) is 0. The molecule has 0 radical (unpaired) electrons. The highest BCUT2D eigenvalue weighted by Gasteiger charge is 2.35. The van der Waals surface area contributed by atoms with Crippen LogP contribution >= 0.6 is 11.6 Å². The molecule has 1 unspecified atom stereocenters. The van der Waals surface area contributed by atoms with E-state index in [4.69, 9.17) is 11.6 Å². The number of carbonyl (C=O) groups excluding carboxylic acids is 2. The van der Waals surface area contributed by atoms with Crippen molar-refractivity contribution >= 4 is 34.8 Å². The second-order valence-corrected chi connectivity index (χ2v) is 7.10. The van der Waals surface area contributed by atoms with Crippen molar-refractivity contribution in [3.8, 4) is 0 Å². The Kier molecular flexibility index (Phi) is 5.08. The lowest BCUT2D eigenvalue weighted by atomic mass is 10.1. The first kappa shape index (κ1) is 18.2. The van der Waals surface area contributed by atoms with Crippen LogP contribution in [0.15, 0.2) is 61.2 Å². The van der Waals surface area contributed by atoms with Gasteiger partial charge < -0.3 is 10.2 Å². The molecule has 0 saturated carbocycles. The second kappa shape index (κ2) is 7.82. The number of halogens is 1. The van der Waals surface area contributed by atoms with Gasteiger partial charge in [0, 0.05) is 29.4 Å². The molecule has 3 aromatic rings. The fraction of sp³-hybridized carbons (Fsp3) is 0.200. The third kappa shape index (κ3) is 4.04. The van der Waals surface area contributed by atoms with Gasteiger partial charge in [-0.15, -0.1) is 0 Å². The Bertz CT molecular complexity index is 971. The van der Waals surface area contributed by atoms with Gasteiger partial charge in [-0.05, 0) is 42.0 Å². The maximum absolute atomic E-state index is 12.6. The minimum atomic E-state index is -0.391. The van der Waals surface area contributed by atoms with E-state index >= 15 is 0 Å². The summed E-state index contributed by atoms with van der Waals surface area (Å²) >= 11 is 5.90. The minimum Gasteiger partial charge on any atom is -0.326 e. The lowest BCUT2D eigenvalue weighted by molar-refractivity contribution is -0.122. The van der Waals surface area contributed by atoms with Crippen molar-refractivity contribution in [1.82, 2.24) is 14.8 Å². The van der Waals surface area contributed by atoms with Crippen LogP contribution in [0.5, 0.6) is 0 Å². The molecule has 2 heterocycles. The molecule has 4 rings (SSSR count). The molecule has 0 spiro atoms. The maximum atomic E-state index is 12.6. The van der Waals surface area contributed by atoms with E-state index in [9.17, 15) is 9.59 Å². The molecule has 1 N–H and O–H groups in total. The Morgan fingerprint density at radius 1 is 1.14 bits per heavy atom. The highest BCUT2D eigenvalue weighted by Crippen LogP contribution is 2.27. The van der Waals surface area contributed by atoms with E-state index in [1.165, 1.54) is 6.33 Å². The number of nitrogens with zero attached hydrogens (tertiary/aromatic N) is 4. The molecule has 8 heteroatoms. The smallest absolute Gasteiger partial charge is 0.229 e. The summed E-state index contributed by atoms with van der Waals surface area (Å²) in [4.78, 5) is 30.5. The Hall–Kier alpha value is -3.19. The Balaban J connectivity index is 1.37. The summed E-state index contributed by atoms with van der Waals surface area (Å²) < 4.78 is 1.73. The van der Waals surface area contributed by atoms with Crippen LogP contribution in [0.25, 0.3) is 0 Å². The van der Waals surface area contributed by atoms with Gasteiger partial charge in [-0.2, -0.15) is 5.10 Å². The summed E-state index contributed by atoms with van der Waals surface area (Å²) in [5, 5.41) is 7.58. The quantitative estimate of drug-likeness (QED) is 0.720. The molecule has 0 aliphatic carbocycles. The van der Waals surface area contributed by atoms with Gasteiger partial charge in [-0.1, -0.05) is 23.7 Å². The molecule has 1 aliphatic rings. The summed E-state index contributed by atoms with van der Waals surface area (Å²) in [5.41, 5.74) is 2.50. The standard InChI is InChI=1S/C20H18ClN5O2/c21-16-3-7-18(8-4-16)26-11-15(9-19(26)27)20(28)24-17-5-1-14(2-6-17)10-25-13-22-12-23-25/h1-8,12-13,15H,9-11H2,(H,24,28). The molecule has 28 heavy (non-hydrogen) atoms. The predicted molar refractivity (Wildman–Crippen MR) is 106 cm³/mol. The zero-order chi connectivity index (χ0) is 19.5. The largest absolute Gasteiger partial charge is 0.326 e. The molecule has 0 bridgehead atoms. The van der Waals surface area contributed by atoms with Crippen LogP contribution in [-0.4, -0.2) is 33.1 Å². The average Bonchev–Trinajstić information content (AvgIpc) is 3.34. The molecular weight excluding hydrogens is 378 g/mol. The Morgan fingerprint density at radius 3 is 2.57 bits per heavy atom. The van der Waals surface area contributed by atoms with Gasteiger partial charge in [0.1, 0.15) is 12.7 Å². The molecule has 2 aromatic carbocycles. The highest BCUT2D eigenvalue weighted by molar-refractivity contribution is 6.30. The first-order chi connectivity index (χ1) is 13.6. The monoisotopic (exact) mass is 395 g/mol. The van der Waals surface area contributed by atoms with Gasteiger partial charge in [0.25, 0.3) is 0 Å². The molecular formula is C20H18ClN5O2. The summed E-state index contributed by atoms with van der Waals surface area (Å²) in [5.74, 6) is -0.613. The van der Waals surface area contributed by atoms with Crippen LogP contribution in [0.3, 0.4) is 0 Å². The van der Waals surface area contributed by atoms with Gasteiger partial charge in [0.15, 0.2) is 0 Å². The van der Waals surface area contributed by atoms with Crippen LogP contribution < -0.4 is 10.2 Å². The summed E-state index contributed by atoms with van der Waals surface area (Å²) in [6.45, 7) is 0.970. The number of aromatic nitrogens is 3. The van der Waals surface area contributed by atoms with Crippen molar-refractivity contribution in [3.63, 3.8) is 0 Å². The predicted octanol–water partition coefficient (Wildman–Crippen LogP) is 2.97. The average molecular weight is 396 g/mol. The fourth-order valence-electron chi connectivity index (χ4n) is 3.19. The number of benzene rings is 2. The lowest BCUT2D eigenvalue weighted by Gasteiger charge is -2.16. The van der Waals surface area contributed by atoms with Crippen molar-refractivity contribution in [2.24, 2.45) is 5.92 Å². The molecule has 1 atom stereocenters. The maximum Gasteiger partial charge on any atom is 0.229 e. The Morgan fingerprint density at radius 2 is 1.89 bits per heavy atom.